The monoisotopic (exact) mass is 614 g/mol. The Morgan fingerprint density at radius 1 is 0.791 bits per heavy atom. The zero-order chi connectivity index (χ0) is 32.1. The highest BCUT2D eigenvalue weighted by molar-refractivity contribution is 5.74. The summed E-state index contributed by atoms with van der Waals surface area (Å²) in [5, 5.41) is 9.17. The van der Waals surface area contributed by atoms with Crippen LogP contribution < -0.4 is 16.4 Å². The maximum Gasteiger partial charge on any atom is 0.407 e. The maximum atomic E-state index is 11.9. The van der Waals surface area contributed by atoms with Gasteiger partial charge in [0.15, 0.2) is 0 Å². The first-order valence-corrected chi connectivity index (χ1v) is 14.6. The second-order valence-corrected chi connectivity index (χ2v) is 12.5. The van der Waals surface area contributed by atoms with Gasteiger partial charge in [0, 0.05) is 23.0 Å². The summed E-state index contributed by atoms with van der Waals surface area (Å²) in [6.45, 7) is 14.9. The molecule has 14 heteroatoms. The summed E-state index contributed by atoms with van der Waals surface area (Å²) in [5.74, 6) is -0.993. The van der Waals surface area contributed by atoms with E-state index in [2.05, 4.69) is 20.7 Å². The molecule has 1 unspecified atom stereocenters. The molecule has 2 rings (SSSR count). The fourth-order valence-corrected chi connectivity index (χ4v) is 4.74. The SMILES string of the molecule is C.CCOC(=O)[C@@H]1CC[C@@H](N)C(NC(=O)OC(C)(C)C)C1.CCOC(=O)[C@@H]1CC[C@@H](N=[N+]=[N-])[C@@H](NC(=O)OC(C)(C)C)C1. The van der Waals surface area contributed by atoms with Gasteiger partial charge in [0.2, 0.25) is 0 Å². The van der Waals surface area contributed by atoms with E-state index in [4.69, 9.17) is 30.2 Å². The van der Waals surface area contributed by atoms with Crippen LogP contribution in [-0.4, -0.2) is 72.7 Å². The van der Waals surface area contributed by atoms with E-state index in [1.54, 1.807) is 55.4 Å². The highest BCUT2D eigenvalue weighted by atomic mass is 16.6. The third-order valence-electron chi connectivity index (χ3n) is 6.56. The van der Waals surface area contributed by atoms with Crippen LogP contribution >= 0.6 is 0 Å². The van der Waals surface area contributed by atoms with Crippen LogP contribution in [0, 0.1) is 11.8 Å². The molecule has 4 N–H and O–H groups in total. The third-order valence-corrected chi connectivity index (χ3v) is 6.56. The normalized spacial score (nSPS) is 25.1. The number of rotatable bonds is 7. The van der Waals surface area contributed by atoms with Crippen molar-refractivity contribution in [2.45, 2.75) is 137 Å². The number of carbonyl (C=O) groups is 4. The van der Waals surface area contributed by atoms with Crippen LogP contribution in [0.2, 0.25) is 0 Å². The van der Waals surface area contributed by atoms with Gasteiger partial charge in [0.25, 0.3) is 0 Å². The molecule has 0 saturated heterocycles. The summed E-state index contributed by atoms with van der Waals surface area (Å²) >= 11 is 0. The highest BCUT2D eigenvalue weighted by Gasteiger charge is 2.36. The van der Waals surface area contributed by atoms with E-state index < -0.39 is 29.4 Å². The van der Waals surface area contributed by atoms with E-state index in [9.17, 15) is 19.2 Å². The van der Waals surface area contributed by atoms with Crippen molar-refractivity contribution in [2.75, 3.05) is 13.2 Å². The number of hydrogen-bond acceptors (Lipinski definition) is 10. The van der Waals surface area contributed by atoms with Crippen LogP contribution in [0.3, 0.4) is 0 Å². The number of azide groups is 1. The number of ether oxygens (including phenoxy) is 4. The Morgan fingerprint density at radius 2 is 1.21 bits per heavy atom. The van der Waals surface area contributed by atoms with Gasteiger partial charge in [-0.15, -0.1) is 0 Å². The summed E-state index contributed by atoms with van der Waals surface area (Å²) in [4.78, 5) is 50.1. The lowest BCUT2D eigenvalue weighted by Gasteiger charge is -2.34. The summed E-state index contributed by atoms with van der Waals surface area (Å²) < 4.78 is 20.5. The van der Waals surface area contributed by atoms with Crippen molar-refractivity contribution in [3.8, 4) is 0 Å². The second kappa shape index (κ2) is 18.4. The molecule has 2 amide bonds. The number of nitrogens with one attached hydrogen (secondary N) is 2. The molecule has 0 aromatic carbocycles. The van der Waals surface area contributed by atoms with Gasteiger partial charge in [0.05, 0.1) is 31.1 Å². The quantitative estimate of drug-likeness (QED) is 0.114. The average Bonchev–Trinajstić information content (AvgIpc) is 2.85. The van der Waals surface area contributed by atoms with Crippen molar-refractivity contribution in [3.05, 3.63) is 10.4 Å². The van der Waals surface area contributed by atoms with E-state index in [-0.39, 0.29) is 49.3 Å². The molecule has 2 saturated carbocycles. The average molecular weight is 615 g/mol. The Balaban J connectivity index is 0.000000805. The first kappa shape index (κ1) is 39.8. The van der Waals surface area contributed by atoms with E-state index in [1.165, 1.54) is 0 Å². The molecule has 0 heterocycles. The smallest absolute Gasteiger partial charge is 0.407 e. The lowest BCUT2D eigenvalue weighted by atomic mass is 9.82. The summed E-state index contributed by atoms with van der Waals surface area (Å²) in [6.07, 6.45) is 2.28. The lowest BCUT2D eigenvalue weighted by molar-refractivity contribution is -0.150. The fraction of sp³-hybridized carbons (Fsp3) is 0.862. The van der Waals surface area contributed by atoms with E-state index in [0.717, 1.165) is 0 Å². The minimum Gasteiger partial charge on any atom is -0.466 e. The Labute approximate surface area is 256 Å². The van der Waals surface area contributed by atoms with Crippen molar-refractivity contribution in [3.63, 3.8) is 0 Å². The van der Waals surface area contributed by atoms with Gasteiger partial charge in [-0.1, -0.05) is 12.5 Å². The molecule has 0 aromatic heterocycles. The van der Waals surface area contributed by atoms with Crippen molar-refractivity contribution in [1.82, 2.24) is 10.6 Å². The van der Waals surface area contributed by atoms with Gasteiger partial charge < -0.3 is 35.3 Å². The molecule has 6 atom stereocenters. The van der Waals surface area contributed by atoms with Crippen LogP contribution in [0.15, 0.2) is 5.11 Å². The zero-order valence-electron chi connectivity index (χ0n) is 26.3. The molecule has 2 fully saturated rings. The molecule has 43 heavy (non-hydrogen) atoms. The first-order valence-electron chi connectivity index (χ1n) is 14.6. The molecule has 0 radical (unpaired) electrons. The number of amides is 2. The number of carbonyl (C=O) groups excluding carboxylic acids is 4. The van der Waals surface area contributed by atoms with Crippen LogP contribution in [0.25, 0.3) is 10.4 Å². The molecule has 2 aliphatic rings. The number of esters is 2. The largest absolute Gasteiger partial charge is 0.466 e. The van der Waals surface area contributed by atoms with Gasteiger partial charge in [-0.25, -0.2) is 9.59 Å². The minimum atomic E-state index is -0.618. The summed E-state index contributed by atoms with van der Waals surface area (Å²) in [7, 11) is 0. The third kappa shape index (κ3) is 15.7. The van der Waals surface area contributed by atoms with Gasteiger partial charge in [-0.05, 0) is 99.4 Å². The molecule has 0 spiro atoms. The van der Waals surface area contributed by atoms with Gasteiger partial charge in [-0.3, -0.25) is 9.59 Å². The number of nitrogens with two attached hydrogens (primary N) is 1. The lowest BCUT2D eigenvalue weighted by Crippen LogP contribution is -2.53. The van der Waals surface area contributed by atoms with Gasteiger partial charge >= 0.3 is 24.1 Å². The summed E-state index contributed by atoms with van der Waals surface area (Å²) in [5.41, 5.74) is 13.5. The van der Waals surface area contributed by atoms with E-state index in [1.807, 2.05) is 0 Å². The predicted octanol–water partition coefficient (Wildman–Crippen LogP) is 5.13. The second-order valence-electron chi connectivity index (χ2n) is 12.5. The Hall–Kier alpha value is -3.25. The minimum absolute atomic E-state index is 0. The number of hydrogen-bond donors (Lipinski definition) is 3. The standard InChI is InChI=1S/C14H24N4O4.C14H26N2O4.CH4/c1-5-21-12(19)9-6-7-10(17-18-15)11(8-9)16-13(20)22-14(2,3)4;1-5-19-12(17)9-6-7-10(15)11(8-9)16-13(18)20-14(2,3)4;/h9-11H,5-8H2,1-4H3,(H,16,20);9-11H,5-8,15H2,1-4H3,(H,16,18);1H4/t9-,10-,11+;9-,10-,11?;/m11./s1. The first-order chi connectivity index (χ1) is 19.5. The number of alkyl carbamates (subject to hydrolysis) is 2. The molecule has 0 aliphatic heterocycles. The maximum absolute atomic E-state index is 11.9. The highest BCUT2D eigenvalue weighted by Crippen LogP contribution is 2.28. The molecular formula is C29H54N6O8. The van der Waals surface area contributed by atoms with E-state index in [0.29, 0.717) is 51.7 Å². The van der Waals surface area contributed by atoms with Crippen LogP contribution in [0.4, 0.5) is 9.59 Å². The van der Waals surface area contributed by atoms with Crippen LogP contribution in [0.5, 0.6) is 0 Å². The Kier molecular flexibility index (Phi) is 17.0. The van der Waals surface area contributed by atoms with E-state index >= 15 is 0 Å². The molecular weight excluding hydrogens is 560 g/mol. The Morgan fingerprint density at radius 3 is 1.63 bits per heavy atom. The van der Waals surface area contributed by atoms with Gasteiger partial charge in [-0.2, -0.15) is 0 Å². The zero-order valence-corrected chi connectivity index (χ0v) is 26.3. The molecule has 14 nitrogen and oxygen atoms in total. The predicted molar refractivity (Wildman–Crippen MR) is 162 cm³/mol. The van der Waals surface area contributed by atoms with Gasteiger partial charge in [0.1, 0.15) is 11.2 Å². The molecule has 0 aromatic rings. The molecule has 0 bridgehead atoms. The van der Waals surface area contributed by atoms with Crippen molar-refractivity contribution in [1.29, 1.82) is 0 Å². The van der Waals surface area contributed by atoms with Crippen LogP contribution in [-0.2, 0) is 28.5 Å². The van der Waals surface area contributed by atoms with Crippen LogP contribution in [0.1, 0.15) is 101 Å². The van der Waals surface area contributed by atoms with Crippen molar-refractivity contribution < 1.29 is 38.1 Å². The molecule has 2 aliphatic carbocycles. The topological polar surface area (TPSA) is 204 Å². The van der Waals surface area contributed by atoms with Crippen molar-refractivity contribution >= 4 is 24.1 Å². The van der Waals surface area contributed by atoms with Crippen molar-refractivity contribution in [2.24, 2.45) is 22.7 Å². The number of nitrogens with zero attached hydrogens (tertiary/aromatic N) is 3. The molecule has 248 valence electrons. The Bertz CT molecular complexity index is 958. The summed E-state index contributed by atoms with van der Waals surface area (Å²) in [6, 6.07) is -1.24. The fourth-order valence-electron chi connectivity index (χ4n) is 4.74.